The summed E-state index contributed by atoms with van der Waals surface area (Å²) in [7, 11) is 1.60. The third-order valence-corrected chi connectivity index (χ3v) is 4.49. The minimum absolute atomic E-state index is 0.155. The van der Waals surface area contributed by atoms with Gasteiger partial charge in [0.25, 0.3) is 5.91 Å². The summed E-state index contributed by atoms with van der Waals surface area (Å²) in [5, 5.41) is 16.2. The molecule has 0 aliphatic carbocycles. The Labute approximate surface area is 145 Å². The van der Waals surface area contributed by atoms with E-state index in [0.29, 0.717) is 24.4 Å². The summed E-state index contributed by atoms with van der Waals surface area (Å²) in [6.45, 7) is 2.75. The van der Waals surface area contributed by atoms with Crippen LogP contribution in [0.15, 0.2) is 30.3 Å². The number of methoxy groups -OCH3 is 1. The second-order valence-electron chi connectivity index (χ2n) is 6.48. The highest BCUT2D eigenvalue weighted by molar-refractivity contribution is 5.93. The molecule has 2 atom stereocenters. The van der Waals surface area contributed by atoms with E-state index in [4.69, 9.17) is 4.74 Å². The van der Waals surface area contributed by atoms with Gasteiger partial charge in [-0.25, -0.2) is 0 Å². The number of carbonyl (C=O) groups is 2. The molecule has 2 unspecified atom stereocenters. The van der Waals surface area contributed by atoms with E-state index in [-0.39, 0.29) is 18.4 Å². The van der Waals surface area contributed by atoms with Crippen molar-refractivity contribution < 1.29 is 19.4 Å². The number of benzene rings is 1. The zero-order valence-electron chi connectivity index (χ0n) is 14.2. The molecule has 1 fully saturated rings. The van der Waals surface area contributed by atoms with E-state index in [1.54, 1.807) is 18.1 Å². The Kier molecular flexibility index (Phi) is 4.74. The summed E-state index contributed by atoms with van der Waals surface area (Å²) in [5.74, 6) is -0.685. The number of aromatic amines is 1. The Morgan fingerprint density at radius 2 is 2.00 bits per heavy atom. The van der Waals surface area contributed by atoms with Crippen molar-refractivity contribution in [3.63, 3.8) is 0 Å². The molecule has 2 heterocycles. The van der Waals surface area contributed by atoms with Crippen molar-refractivity contribution >= 4 is 11.9 Å². The molecule has 1 amide bonds. The summed E-state index contributed by atoms with van der Waals surface area (Å²) in [6, 6.07) is 9.09. The van der Waals surface area contributed by atoms with Gasteiger partial charge in [0.1, 0.15) is 11.4 Å². The molecular formula is C18H21N3O4. The zero-order chi connectivity index (χ0) is 18.0. The smallest absolute Gasteiger partial charge is 0.308 e. The first kappa shape index (κ1) is 17.0. The van der Waals surface area contributed by atoms with Crippen molar-refractivity contribution in [2.45, 2.75) is 13.3 Å². The molecule has 7 nitrogen and oxygen atoms in total. The Balaban J connectivity index is 1.76. The molecule has 0 bridgehead atoms. The average Bonchev–Trinajstić information content (AvgIpc) is 3.10. The van der Waals surface area contributed by atoms with Crippen molar-refractivity contribution in [2.75, 3.05) is 20.2 Å². The van der Waals surface area contributed by atoms with Crippen LogP contribution < -0.4 is 4.74 Å². The zero-order valence-corrected chi connectivity index (χ0v) is 14.2. The third kappa shape index (κ3) is 3.65. The van der Waals surface area contributed by atoms with Crippen LogP contribution in [0.4, 0.5) is 0 Å². The van der Waals surface area contributed by atoms with Crippen molar-refractivity contribution in [2.24, 2.45) is 11.8 Å². The van der Waals surface area contributed by atoms with Crippen molar-refractivity contribution in [3.8, 4) is 17.0 Å². The minimum atomic E-state index is -0.854. The SMILES string of the molecule is COc1ccc(-c2cc(C(=O)N3CC(C)CC(C(=O)O)C3)[nH]n2)cc1. The Bertz CT molecular complexity index is 769. The molecule has 1 aromatic heterocycles. The molecule has 2 aromatic rings. The van der Waals surface area contributed by atoms with Gasteiger partial charge in [-0.05, 0) is 42.7 Å². The lowest BCUT2D eigenvalue weighted by atomic mass is 9.90. The van der Waals surface area contributed by atoms with E-state index in [2.05, 4.69) is 10.2 Å². The number of aliphatic carboxylic acids is 1. The van der Waals surface area contributed by atoms with Crippen LogP contribution in [0.25, 0.3) is 11.3 Å². The number of amides is 1. The lowest BCUT2D eigenvalue weighted by Crippen LogP contribution is -2.45. The maximum Gasteiger partial charge on any atom is 0.308 e. The first-order chi connectivity index (χ1) is 12.0. The average molecular weight is 343 g/mol. The third-order valence-electron chi connectivity index (χ3n) is 4.49. The summed E-state index contributed by atoms with van der Waals surface area (Å²) in [5.41, 5.74) is 1.89. The molecule has 25 heavy (non-hydrogen) atoms. The van der Waals surface area contributed by atoms with E-state index in [1.165, 1.54) is 0 Å². The number of aromatic nitrogens is 2. The van der Waals surface area contributed by atoms with Crippen LogP contribution in [0, 0.1) is 11.8 Å². The van der Waals surface area contributed by atoms with E-state index in [0.717, 1.165) is 11.3 Å². The van der Waals surface area contributed by atoms with Gasteiger partial charge in [0, 0.05) is 18.7 Å². The normalized spacial score (nSPS) is 20.3. The number of likely N-dealkylation sites (tertiary alicyclic amines) is 1. The lowest BCUT2D eigenvalue weighted by molar-refractivity contribution is -0.143. The van der Waals surface area contributed by atoms with Crippen LogP contribution in [0.1, 0.15) is 23.8 Å². The van der Waals surface area contributed by atoms with E-state index in [1.807, 2.05) is 31.2 Å². The van der Waals surface area contributed by atoms with Crippen molar-refractivity contribution in [3.05, 3.63) is 36.0 Å². The van der Waals surface area contributed by atoms with Gasteiger partial charge in [-0.1, -0.05) is 6.92 Å². The quantitative estimate of drug-likeness (QED) is 0.888. The fourth-order valence-electron chi connectivity index (χ4n) is 3.21. The molecule has 132 valence electrons. The van der Waals surface area contributed by atoms with Crippen LogP contribution in [-0.2, 0) is 4.79 Å². The minimum Gasteiger partial charge on any atom is -0.497 e. The highest BCUT2D eigenvalue weighted by atomic mass is 16.5. The predicted molar refractivity (Wildman–Crippen MR) is 91.4 cm³/mol. The summed E-state index contributed by atoms with van der Waals surface area (Å²) in [4.78, 5) is 25.6. The van der Waals surface area contributed by atoms with Gasteiger partial charge in [0.05, 0.1) is 18.7 Å². The number of H-pyrrole nitrogens is 1. The predicted octanol–water partition coefficient (Wildman–Crippen LogP) is 2.27. The maximum atomic E-state index is 12.7. The molecule has 0 radical (unpaired) electrons. The summed E-state index contributed by atoms with van der Waals surface area (Å²) < 4.78 is 5.13. The number of piperidine rings is 1. The van der Waals surface area contributed by atoms with E-state index in [9.17, 15) is 14.7 Å². The highest BCUT2D eigenvalue weighted by Crippen LogP contribution is 2.25. The summed E-state index contributed by atoms with van der Waals surface area (Å²) in [6.07, 6.45) is 0.596. The topological polar surface area (TPSA) is 95.5 Å². The van der Waals surface area contributed by atoms with Crippen LogP contribution >= 0.6 is 0 Å². The molecule has 1 saturated heterocycles. The Hall–Kier alpha value is -2.83. The lowest BCUT2D eigenvalue weighted by Gasteiger charge is -2.34. The first-order valence-electron chi connectivity index (χ1n) is 8.20. The number of carbonyl (C=O) groups excluding carboxylic acids is 1. The van der Waals surface area contributed by atoms with Gasteiger partial charge < -0.3 is 14.7 Å². The van der Waals surface area contributed by atoms with Gasteiger partial charge >= 0.3 is 5.97 Å². The van der Waals surface area contributed by atoms with Crippen LogP contribution in [0.3, 0.4) is 0 Å². The highest BCUT2D eigenvalue weighted by Gasteiger charge is 2.32. The second-order valence-corrected chi connectivity index (χ2v) is 6.48. The van der Waals surface area contributed by atoms with Gasteiger partial charge in [-0.15, -0.1) is 0 Å². The Morgan fingerprint density at radius 3 is 2.64 bits per heavy atom. The number of carboxylic acid groups (broad SMARTS) is 1. The number of nitrogens with zero attached hydrogens (tertiary/aromatic N) is 2. The molecule has 0 spiro atoms. The molecule has 1 aliphatic heterocycles. The Morgan fingerprint density at radius 1 is 1.28 bits per heavy atom. The number of rotatable bonds is 4. The fourth-order valence-corrected chi connectivity index (χ4v) is 3.21. The molecule has 3 rings (SSSR count). The van der Waals surface area contributed by atoms with E-state index < -0.39 is 11.9 Å². The van der Waals surface area contributed by atoms with Gasteiger partial charge in [-0.3, -0.25) is 14.7 Å². The number of hydrogen-bond acceptors (Lipinski definition) is 4. The summed E-state index contributed by atoms with van der Waals surface area (Å²) >= 11 is 0. The number of ether oxygens (including phenoxy) is 1. The molecule has 1 aliphatic rings. The molecule has 1 aromatic carbocycles. The van der Waals surface area contributed by atoms with Crippen molar-refractivity contribution in [1.82, 2.24) is 15.1 Å². The van der Waals surface area contributed by atoms with E-state index >= 15 is 0 Å². The molecule has 0 saturated carbocycles. The molecule has 2 N–H and O–H groups in total. The largest absolute Gasteiger partial charge is 0.497 e. The van der Waals surface area contributed by atoms with Crippen LogP contribution in [0.5, 0.6) is 5.75 Å². The standard InChI is InChI=1S/C18H21N3O4/c1-11-7-13(18(23)24)10-21(9-11)17(22)16-8-15(19-20-16)12-3-5-14(25-2)6-4-12/h3-6,8,11,13H,7,9-10H2,1-2H3,(H,19,20)(H,23,24). The van der Waals surface area contributed by atoms with Gasteiger partial charge in [0.15, 0.2) is 0 Å². The van der Waals surface area contributed by atoms with Gasteiger partial charge in [-0.2, -0.15) is 5.10 Å². The number of hydrogen-bond donors (Lipinski definition) is 2. The van der Waals surface area contributed by atoms with Gasteiger partial charge in [0.2, 0.25) is 0 Å². The first-order valence-corrected chi connectivity index (χ1v) is 8.20. The maximum absolute atomic E-state index is 12.7. The monoisotopic (exact) mass is 343 g/mol. The fraction of sp³-hybridized carbons (Fsp3) is 0.389. The molecular weight excluding hydrogens is 322 g/mol. The molecule has 7 heteroatoms. The number of nitrogens with one attached hydrogen (secondary N) is 1. The second kappa shape index (κ2) is 6.96. The van der Waals surface area contributed by atoms with Crippen LogP contribution in [0.2, 0.25) is 0 Å². The van der Waals surface area contributed by atoms with Crippen LogP contribution in [-0.4, -0.2) is 52.3 Å². The van der Waals surface area contributed by atoms with Crippen molar-refractivity contribution in [1.29, 1.82) is 0 Å². The number of carboxylic acids is 1.